The SMILES string of the molecule is O=C(O)c1ccc2c(S(=O)(=O)O)c(C(=O)O)c(C(=O)O)c(C(=O)O)c2c1C(=O)O. The fourth-order valence-corrected chi connectivity index (χ4v) is 3.75. The van der Waals surface area contributed by atoms with Gasteiger partial charge in [0.2, 0.25) is 0 Å². The maximum atomic E-state index is 11.8. The molecule has 2 rings (SSSR count). The van der Waals surface area contributed by atoms with Gasteiger partial charge in [0.25, 0.3) is 10.1 Å². The number of carboxylic acid groups (broad SMARTS) is 5. The van der Waals surface area contributed by atoms with E-state index in [9.17, 15) is 57.4 Å². The van der Waals surface area contributed by atoms with E-state index >= 15 is 0 Å². The zero-order chi connectivity index (χ0) is 22.4. The average Bonchev–Trinajstić information content (AvgIpc) is 2.56. The molecule has 0 bridgehead atoms. The van der Waals surface area contributed by atoms with Gasteiger partial charge in [-0.25, -0.2) is 24.0 Å². The van der Waals surface area contributed by atoms with Gasteiger partial charge in [-0.1, -0.05) is 6.07 Å². The molecule has 0 radical (unpaired) electrons. The Bertz CT molecular complexity index is 1250. The van der Waals surface area contributed by atoms with Crippen molar-refractivity contribution in [2.24, 2.45) is 0 Å². The van der Waals surface area contributed by atoms with Gasteiger partial charge in [0.15, 0.2) is 0 Å². The summed E-state index contributed by atoms with van der Waals surface area (Å²) in [5, 5.41) is 44.4. The number of rotatable bonds is 6. The van der Waals surface area contributed by atoms with Crippen LogP contribution in [-0.4, -0.2) is 68.3 Å². The number of fused-ring (bicyclic) bond motifs is 1. The van der Waals surface area contributed by atoms with Crippen molar-refractivity contribution in [3.63, 3.8) is 0 Å². The molecule has 0 fully saturated rings. The van der Waals surface area contributed by atoms with E-state index in [0.29, 0.717) is 12.1 Å². The third-order valence-electron chi connectivity index (χ3n) is 3.77. The van der Waals surface area contributed by atoms with E-state index < -0.39 is 83.4 Å². The van der Waals surface area contributed by atoms with Crippen molar-refractivity contribution in [1.29, 1.82) is 0 Å². The molecule has 0 heterocycles. The van der Waals surface area contributed by atoms with E-state index in [4.69, 9.17) is 5.11 Å². The van der Waals surface area contributed by atoms with Crippen molar-refractivity contribution in [2.75, 3.05) is 0 Å². The van der Waals surface area contributed by atoms with E-state index in [1.807, 2.05) is 0 Å². The lowest BCUT2D eigenvalue weighted by molar-refractivity contribution is 0.0631. The number of benzene rings is 2. The molecule has 152 valence electrons. The van der Waals surface area contributed by atoms with Crippen LogP contribution >= 0.6 is 0 Å². The predicted octanol–water partition coefficient (Wildman–Crippen LogP) is 0.578. The molecule has 13 nitrogen and oxygen atoms in total. The normalized spacial score (nSPS) is 11.2. The lowest BCUT2D eigenvalue weighted by atomic mass is 9.88. The highest BCUT2D eigenvalue weighted by atomic mass is 32.2. The van der Waals surface area contributed by atoms with Gasteiger partial charge in [-0.05, 0) is 6.07 Å². The third kappa shape index (κ3) is 3.32. The maximum absolute atomic E-state index is 11.8. The molecule has 0 unspecified atom stereocenters. The molecule has 0 saturated carbocycles. The summed E-state index contributed by atoms with van der Waals surface area (Å²) >= 11 is 0. The summed E-state index contributed by atoms with van der Waals surface area (Å²) in [6.07, 6.45) is 0. The van der Waals surface area contributed by atoms with Gasteiger partial charge >= 0.3 is 29.8 Å². The van der Waals surface area contributed by atoms with Crippen LogP contribution in [0.1, 0.15) is 51.8 Å². The lowest BCUT2D eigenvalue weighted by Gasteiger charge is -2.17. The van der Waals surface area contributed by atoms with Gasteiger partial charge in [0, 0.05) is 10.8 Å². The highest BCUT2D eigenvalue weighted by Crippen LogP contribution is 2.37. The van der Waals surface area contributed by atoms with Crippen LogP contribution < -0.4 is 0 Å². The smallest absolute Gasteiger partial charge is 0.338 e. The van der Waals surface area contributed by atoms with Gasteiger partial charge < -0.3 is 25.5 Å². The van der Waals surface area contributed by atoms with E-state index in [1.165, 1.54) is 0 Å². The highest BCUT2D eigenvalue weighted by Gasteiger charge is 2.37. The van der Waals surface area contributed by atoms with E-state index in [2.05, 4.69) is 0 Å². The van der Waals surface area contributed by atoms with Gasteiger partial charge in [0.05, 0.1) is 27.8 Å². The molecule has 14 heteroatoms. The lowest BCUT2D eigenvalue weighted by Crippen LogP contribution is -2.22. The molecule has 0 spiro atoms. The van der Waals surface area contributed by atoms with E-state index in [1.54, 1.807) is 0 Å². The minimum atomic E-state index is -5.56. The van der Waals surface area contributed by atoms with Crippen LogP contribution in [0.2, 0.25) is 0 Å². The summed E-state index contributed by atoms with van der Waals surface area (Å²) in [5.41, 5.74) is -7.11. The van der Waals surface area contributed by atoms with Crippen molar-refractivity contribution >= 4 is 50.7 Å². The van der Waals surface area contributed by atoms with Crippen LogP contribution in [0.25, 0.3) is 10.8 Å². The third-order valence-corrected chi connectivity index (χ3v) is 4.71. The van der Waals surface area contributed by atoms with Crippen molar-refractivity contribution in [3.05, 3.63) is 39.9 Å². The maximum Gasteiger partial charge on any atom is 0.338 e. The fraction of sp³-hybridized carbons (Fsp3) is 0. The Kier molecular flexibility index (Phi) is 5.02. The molecule has 6 N–H and O–H groups in total. The van der Waals surface area contributed by atoms with Crippen molar-refractivity contribution in [1.82, 2.24) is 0 Å². The van der Waals surface area contributed by atoms with Gasteiger partial charge in [-0.2, -0.15) is 8.42 Å². The number of carbonyl (C=O) groups is 5. The van der Waals surface area contributed by atoms with Crippen LogP contribution in [0, 0.1) is 0 Å². The highest BCUT2D eigenvalue weighted by molar-refractivity contribution is 7.86. The molecule has 0 amide bonds. The summed E-state index contributed by atoms with van der Waals surface area (Å²) in [6.45, 7) is 0. The van der Waals surface area contributed by atoms with Gasteiger partial charge in [-0.15, -0.1) is 0 Å². The Balaban J connectivity index is 3.56. The van der Waals surface area contributed by atoms with Crippen LogP contribution in [0.15, 0.2) is 17.0 Å². The van der Waals surface area contributed by atoms with Crippen molar-refractivity contribution in [2.45, 2.75) is 4.90 Å². The second kappa shape index (κ2) is 6.84. The number of aromatic carboxylic acids is 5. The summed E-state index contributed by atoms with van der Waals surface area (Å²) in [5.74, 6) is -10.7. The molecule has 0 saturated heterocycles. The number of carboxylic acids is 5. The Labute approximate surface area is 158 Å². The number of hydrogen-bond acceptors (Lipinski definition) is 7. The molecule has 0 aliphatic heterocycles. The topological polar surface area (TPSA) is 241 Å². The molecule has 0 aliphatic carbocycles. The Morgan fingerprint density at radius 2 is 1.07 bits per heavy atom. The van der Waals surface area contributed by atoms with Crippen LogP contribution in [0.5, 0.6) is 0 Å². The fourth-order valence-electron chi connectivity index (χ4n) is 2.85. The first-order valence-corrected chi connectivity index (χ1v) is 8.46. The molecule has 0 aromatic heterocycles. The summed E-state index contributed by atoms with van der Waals surface area (Å²) in [7, 11) is -5.56. The largest absolute Gasteiger partial charge is 0.478 e. The molecule has 29 heavy (non-hydrogen) atoms. The standard InChI is InChI=1S/C15H8O13S/c16-11(17)4-2-1-3-5(6(4)12(18)19)7(13(20)21)8(14(22)23)9(15(24)25)10(3)29(26,27)28/h1-2H,(H,16,17)(H,18,19)(H,20,21)(H,22,23)(H,24,25)(H,26,27,28). The van der Waals surface area contributed by atoms with E-state index in [-0.39, 0.29) is 0 Å². The second-order valence-corrected chi connectivity index (χ2v) is 6.72. The van der Waals surface area contributed by atoms with Crippen molar-refractivity contribution in [3.8, 4) is 0 Å². The summed E-state index contributed by atoms with van der Waals surface area (Å²) in [4.78, 5) is 56.3. The van der Waals surface area contributed by atoms with Crippen LogP contribution in [-0.2, 0) is 10.1 Å². The molecule has 0 aliphatic rings. The van der Waals surface area contributed by atoms with Gasteiger partial charge in [0.1, 0.15) is 4.90 Å². The predicted molar refractivity (Wildman–Crippen MR) is 88.6 cm³/mol. The van der Waals surface area contributed by atoms with Crippen molar-refractivity contribution < 1.29 is 62.5 Å². The summed E-state index contributed by atoms with van der Waals surface area (Å²) in [6, 6.07) is 1.10. The Hall–Kier alpha value is -4.04. The molecule has 2 aromatic rings. The first-order valence-electron chi connectivity index (χ1n) is 7.02. The minimum absolute atomic E-state index is 0.542. The zero-order valence-corrected chi connectivity index (χ0v) is 14.4. The minimum Gasteiger partial charge on any atom is -0.478 e. The second-order valence-electron chi connectivity index (χ2n) is 5.37. The first-order chi connectivity index (χ1) is 13.2. The quantitative estimate of drug-likeness (QED) is 0.345. The first kappa shape index (κ1) is 21.3. The monoisotopic (exact) mass is 428 g/mol. The molecule has 2 aromatic carbocycles. The molecule has 0 atom stereocenters. The van der Waals surface area contributed by atoms with Gasteiger partial charge in [-0.3, -0.25) is 4.55 Å². The van der Waals surface area contributed by atoms with Crippen LogP contribution in [0.3, 0.4) is 0 Å². The zero-order valence-electron chi connectivity index (χ0n) is 13.6. The van der Waals surface area contributed by atoms with Crippen LogP contribution in [0.4, 0.5) is 0 Å². The average molecular weight is 428 g/mol. The molecular formula is C15H8O13S. The Morgan fingerprint density at radius 1 is 0.621 bits per heavy atom. The summed E-state index contributed by atoms with van der Waals surface area (Å²) < 4.78 is 33.1. The van der Waals surface area contributed by atoms with E-state index in [0.717, 1.165) is 0 Å². The molecular weight excluding hydrogens is 420 g/mol. The Morgan fingerprint density at radius 3 is 1.41 bits per heavy atom. The number of hydrogen-bond donors (Lipinski definition) is 6.